The van der Waals surface area contributed by atoms with Crippen molar-refractivity contribution >= 4 is 5.91 Å². The molecule has 0 radical (unpaired) electrons. The third-order valence-corrected chi connectivity index (χ3v) is 4.05. The van der Waals surface area contributed by atoms with Crippen LogP contribution in [0.1, 0.15) is 39.0 Å². The summed E-state index contributed by atoms with van der Waals surface area (Å²) < 4.78 is 0. The van der Waals surface area contributed by atoms with E-state index < -0.39 is 0 Å². The summed E-state index contributed by atoms with van der Waals surface area (Å²) in [4.78, 5) is 14.3. The molecule has 3 atom stereocenters. The van der Waals surface area contributed by atoms with Gasteiger partial charge in [-0.3, -0.25) is 4.79 Å². The van der Waals surface area contributed by atoms with Crippen LogP contribution in [-0.4, -0.2) is 47.7 Å². The van der Waals surface area contributed by atoms with Crippen molar-refractivity contribution in [2.75, 3.05) is 19.7 Å². The Labute approximate surface area is 103 Å². The molecule has 2 aliphatic rings. The van der Waals surface area contributed by atoms with Gasteiger partial charge in [-0.15, -0.1) is 0 Å². The molecule has 4 nitrogen and oxygen atoms in total. The molecule has 3 unspecified atom stereocenters. The third-order valence-electron chi connectivity index (χ3n) is 4.05. The van der Waals surface area contributed by atoms with Crippen LogP contribution < -0.4 is 5.32 Å². The van der Waals surface area contributed by atoms with Crippen LogP contribution in [0.4, 0.5) is 0 Å². The Bertz CT molecular complexity index is 270. The Morgan fingerprint density at radius 1 is 1.41 bits per heavy atom. The first-order valence-electron chi connectivity index (χ1n) is 6.86. The zero-order valence-corrected chi connectivity index (χ0v) is 10.7. The minimum absolute atomic E-state index is 0.0339. The van der Waals surface area contributed by atoms with Crippen LogP contribution in [0.3, 0.4) is 0 Å². The number of carbonyl (C=O) groups excluding carboxylic acids is 1. The smallest absolute Gasteiger partial charge is 0.239 e. The Kier molecular flexibility index (Phi) is 4.40. The molecule has 2 aliphatic heterocycles. The highest BCUT2D eigenvalue weighted by molar-refractivity contribution is 5.82. The van der Waals surface area contributed by atoms with Crippen LogP contribution in [-0.2, 0) is 4.79 Å². The predicted octanol–water partition coefficient (Wildman–Crippen LogP) is 0.748. The van der Waals surface area contributed by atoms with Gasteiger partial charge in [0.05, 0.1) is 6.04 Å². The van der Waals surface area contributed by atoms with E-state index in [0.717, 1.165) is 38.8 Å². The van der Waals surface area contributed by atoms with Crippen molar-refractivity contribution in [3.05, 3.63) is 0 Å². The van der Waals surface area contributed by atoms with Gasteiger partial charge in [0, 0.05) is 25.7 Å². The van der Waals surface area contributed by atoms with Crippen molar-refractivity contribution in [3.63, 3.8) is 0 Å². The van der Waals surface area contributed by atoms with Crippen LogP contribution in [0.5, 0.6) is 0 Å². The summed E-state index contributed by atoms with van der Waals surface area (Å²) in [7, 11) is 0. The molecule has 17 heavy (non-hydrogen) atoms. The van der Waals surface area contributed by atoms with Gasteiger partial charge in [0.15, 0.2) is 0 Å². The fraction of sp³-hybridized carbons (Fsp3) is 0.923. The molecule has 2 saturated heterocycles. The first-order chi connectivity index (χ1) is 8.20. The number of likely N-dealkylation sites (tertiary alicyclic amines) is 1. The standard InChI is InChI=1S/C13H24N2O2/c1-10-3-2-4-12(14-10)13(17)15-7-5-11(9-15)6-8-16/h10-12,14,16H,2-9H2,1H3. The Hall–Kier alpha value is -0.610. The second kappa shape index (κ2) is 5.83. The number of hydrogen-bond acceptors (Lipinski definition) is 3. The second-order valence-corrected chi connectivity index (χ2v) is 5.50. The molecule has 2 fully saturated rings. The summed E-state index contributed by atoms with van der Waals surface area (Å²) in [6, 6.07) is 0.500. The molecule has 0 spiro atoms. The number of aliphatic hydroxyl groups is 1. The maximum Gasteiger partial charge on any atom is 0.239 e. The third kappa shape index (κ3) is 3.19. The highest BCUT2D eigenvalue weighted by atomic mass is 16.3. The van der Waals surface area contributed by atoms with E-state index in [1.807, 2.05) is 4.90 Å². The van der Waals surface area contributed by atoms with E-state index in [-0.39, 0.29) is 18.6 Å². The van der Waals surface area contributed by atoms with Crippen molar-refractivity contribution in [2.45, 2.75) is 51.1 Å². The molecule has 2 rings (SSSR count). The molecule has 2 N–H and O–H groups in total. The summed E-state index contributed by atoms with van der Waals surface area (Å²) in [6.45, 7) is 4.10. The molecule has 0 aromatic rings. The molecule has 0 aromatic heterocycles. The zero-order chi connectivity index (χ0) is 12.3. The predicted molar refractivity (Wildman–Crippen MR) is 66.6 cm³/mol. The van der Waals surface area contributed by atoms with E-state index in [0.29, 0.717) is 12.0 Å². The van der Waals surface area contributed by atoms with Crippen molar-refractivity contribution in [2.24, 2.45) is 5.92 Å². The largest absolute Gasteiger partial charge is 0.396 e. The average molecular weight is 240 g/mol. The molecule has 0 aromatic carbocycles. The number of carbonyl (C=O) groups is 1. The van der Waals surface area contributed by atoms with Gasteiger partial charge >= 0.3 is 0 Å². The van der Waals surface area contributed by atoms with Gasteiger partial charge in [-0.1, -0.05) is 0 Å². The Balaban J connectivity index is 1.83. The zero-order valence-electron chi connectivity index (χ0n) is 10.7. The lowest BCUT2D eigenvalue weighted by Crippen LogP contribution is -2.50. The van der Waals surface area contributed by atoms with E-state index in [1.165, 1.54) is 6.42 Å². The average Bonchev–Trinajstić information content (AvgIpc) is 2.77. The van der Waals surface area contributed by atoms with E-state index in [9.17, 15) is 4.79 Å². The minimum Gasteiger partial charge on any atom is -0.396 e. The lowest BCUT2D eigenvalue weighted by molar-refractivity contribution is -0.133. The summed E-state index contributed by atoms with van der Waals surface area (Å²) in [5, 5.41) is 12.3. The normalized spacial score (nSPS) is 34.0. The van der Waals surface area contributed by atoms with Gasteiger partial charge in [-0.25, -0.2) is 0 Å². The molecular formula is C13H24N2O2. The lowest BCUT2D eigenvalue weighted by atomic mass is 9.99. The van der Waals surface area contributed by atoms with Crippen LogP contribution in [0.15, 0.2) is 0 Å². The maximum absolute atomic E-state index is 12.3. The number of nitrogens with one attached hydrogen (secondary N) is 1. The van der Waals surface area contributed by atoms with E-state index in [2.05, 4.69) is 12.2 Å². The maximum atomic E-state index is 12.3. The first kappa shape index (κ1) is 12.8. The number of amides is 1. The van der Waals surface area contributed by atoms with Gasteiger partial charge < -0.3 is 15.3 Å². The molecule has 0 aliphatic carbocycles. The van der Waals surface area contributed by atoms with Gasteiger partial charge in [-0.2, -0.15) is 0 Å². The van der Waals surface area contributed by atoms with Crippen molar-refractivity contribution < 1.29 is 9.90 Å². The van der Waals surface area contributed by atoms with Crippen molar-refractivity contribution in [3.8, 4) is 0 Å². The molecule has 0 bridgehead atoms. The number of aliphatic hydroxyl groups excluding tert-OH is 1. The highest BCUT2D eigenvalue weighted by Crippen LogP contribution is 2.22. The summed E-state index contributed by atoms with van der Waals surface area (Å²) >= 11 is 0. The minimum atomic E-state index is 0.0339. The van der Waals surface area contributed by atoms with Gasteiger partial charge in [0.1, 0.15) is 0 Å². The van der Waals surface area contributed by atoms with Crippen LogP contribution in [0.25, 0.3) is 0 Å². The van der Waals surface area contributed by atoms with Gasteiger partial charge in [0.2, 0.25) is 5.91 Å². The molecule has 98 valence electrons. The van der Waals surface area contributed by atoms with Crippen molar-refractivity contribution in [1.29, 1.82) is 0 Å². The van der Waals surface area contributed by atoms with Crippen LogP contribution >= 0.6 is 0 Å². The molecule has 4 heteroatoms. The topological polar surface area (TPSA) is 52.6 Å². The molecule has 2 heterocycles. The monoisotopic (exact) mass is 240 g/mol. The van der Waals surface area contributed by atoms with Gasteiger partial charge in [0.25, 0.3) is 0 Å². The fourth-order valence-electron chi connectivity index (χ4n) is 3.00. The summed E-state index contributed by atoms with van der Waals surface area (Å²) in [5.41, 5.74) is 0. The van der Waals surface area contributed by atoms with Gasteiger partial charge in [-0.05, 0) is 44.9 Å². The number of hydrogen-bond donors (Lipinski definition) is 2. The van der Waals surface area contributed by atoms with Crippen molar-refractivity contribution in [1.82, 2.24) is 10.2 Å². The summed E-state index contributed by atoms with van der Waals surface area (Å²) in [5.74, 6) is 0.780. The Morgan fingerprint density at radius 3 is 2.94 bits per heavy atom. The van der Waals surface area contributed by atoms with E-state index in [1.54, 1.807) is 0 Å². The molecular weight excluding hydrogens is 216 g/mol. The molecule has 1 amide bonds. The SMILES string of the molecule is CC1CCCC(C(=O)N2CCC(CCO)C2)N1. The number of piperidine rings is 1. The number of nitrogens with zero attached hydrogens (tertiary/aromatic N) is 1. The fourth-order valence-corrected chi connectivity index (χ4v) is 3.00. The van der Waals surface area contributed by atoms with E-state index in [4.69, 9.17) is 5.11 Å². The highest BCUT2D eigenvalue weighted by Gasteiger charge is 2.32. The second-order valence-electron chi connectivity index (χ2n) is 5.50. The Morgan fingerprint density at radius 2 is 2.24 bits per heavy atom. The molecule has 0 saturated carbocycles. The van der Waals surface area contributed by atoms with Crippen LogP contribution in [0, 0.1) is 5.92 Å². The van der Waals surface area contributed by atoms with E-state index >= 15 is 0 Å². The lowest BCUT2D eigenvalue weighted by Gasteiger charge is -2.31. The quantitative estimate of drug-likeness (QED) is 0.765. The number of rotatable bonds is 3. The van der Waals surface area contributed by atoms with Crippen LogP contribution in [0.2, 0.25) is 0 Å². The summed E-state index contributed by atoms with van der Waals surface area (Å²) in [6.07, 6.45) is 5.19. The first-order valence-corrected chi connectivity index (χ1v) is 6.86.